The molecule has 0 aliphatic carbocycles. The van der Waals surface area contributed by atoms with E-state index in [1.807, 2.05) is 0 Å². The third-order valence-corrected chi connectivity index (χ3v) is 5.74. The molecule has 0 atom stereocenters. The number of nitrogens with zero attached hydrogens (tertiary/aromatic N) is 2. The number of aldehydes is 1. The molecule has 1 aliphatic heterocycles. The summed E-state index contributed by atoms with van der Waals surface area (Å²) in [6, 6.07) is 13.1. The van der Waals surface area contributed by atoms with Gasteiger partial charge in [-0.3, -0.25) is 9.59 Å². The molecule has 1 heterocycles. The first kappa shape index (κ1) is 21.3. The van der Waals surface area contributed by atoms with E-state index < -0.39 is 11.8 Å². The minimum atomic E-state index is -0.861. The maximum absolute atomic E-state index is 13.4. The Morgan fingerprint density at radius 2 is 1.72 bits per heavy atom. The Hall–Kier alpha value is -2.42. The Balaban J connectivity index is 1.47. The van der Waals surface area contributed by atoms with E-state index in [0.29, 0.717) is 6.29 Å². The number of piperazine rings is 1. The number of aliphatic carboxylic acids is 1. The average molecular weight is 418 g/mol. The van der Waals surface area contributed by atoms with Crippen LogP contribution in [-0.4, -0.2) is 54.4 Å². The second-order valence-electron chi connectivity index (χ2n) is 6.86. The van der Waals surface area contributed by atoms with Gasteiger partial charge in [-0.1, -0.05) is 18.2 Å². The highest BCUT2D eigenvalue weighted by Crippen LogP contribution is 2.20. The van der Waals surface area contributed by atoms with Gasteiger partial charge >= 0.3 is 5.97 Å². The number of nitrogens with one attached hydrogen (secondary N) is 1. The van der Waals surface area contributed by atoms with Crippen molar-refractivity contribution in [2.75, 3.05) is 37.6 Å². The van der Waals surface area contributed by atoms with Gasteiger partial charge in [0.2, 0.25) is 0 Å². The van der Waals surface area contributed by atoms with Gasteiger partial charge in [0.15, 0.2) is 6.29 Å². The lowest BCUT2D eigenvalue weighted by atomic mass is 10.0. The maximum Gasteiger partial charge on any atom is 0.318 e. The molecule has 29 heavy (non-hydrogen) atoms. The maximum atomic E-state index is 13.4. The molecule has 2 N–H and O–H groups in total. The largest absolute Gasteiger partial charge is 0.480 e. The SMILES string of the molecule is O=Cc1cc(CCc2ccc(N3CCN(SNCC(=O)O)CC3)cc2)ccc1F. The van der Waals surface area contributed by atoms with Crippen LogP contribution in [0.25, 0.3) is 0 Å². The normalized spacial score (nSPS) is 14.7. The second kappa shape index (κ2) is 10.4. The zero-order valence-corrected chi connectivity index (χ0v) is 16.8. The van der Waals surface area contributed by atoms with E-state index in [0.717, 1.165) is 44.6 Å². The Labute approximate surface area is 174 Å². The van der Waals surface area contributed by atoms with E-state index in [-0.39, 0.29) is 12.1 Å². The van der Waals surface area contributed by atoms with E-state index in [4.69, 9.17) is 5.11 Å². The van der Waals surface area contributed by atoms with Gasteiger partial charge in [-0.2, -0.15) is 0 Å². The topological polar surface area (TPSA) is 72.9 Å². The predicted octanol–water partition coefficient (Wildman–Crippen LogP) is 2.78. The Morgan fingerprint density at radius 3 is 2.38 bits per heavy atom. The zero-order chi connectivity index (χ0) is 20.6. The summed E-state index contributed by atoms with van der Waals surface area (Å²) in [6.45, 7) is 3.41. The first-order chi connectivity index (χ1) is 14.0. The molecule has 154 valence electrons. The molecular formula is C21H24FN3O3S. The number of carbonyl (C=O) groups excluding carboxylic acids is 1. The minimum absolute atomic E-state index is 0.0548. The quantitative estimate of drug-likeness (QED) is 0.480. The van der Waals surface area contributed by atoms with Crippen molar-refractivity contribution < 1.29 is 19.1 Å². The van der Waals surface area contributed by atoms with Crippen LogP contribution < -0.4 is 9.62 Å². The number of benzene rings is 2. The number of aryl methyl sites for hydroxylation is 2. The van der Waals surface area contributed by atoms with Gasteiger partial charge in [-0.05, 0) is 48.2 Å². The number of halogens is 1. The fraction of sp³-hybridized carbons (Fsp3) is 0.333. The van der Waals surface area contributed by atoms with Crippen molar-refractivity contribution in [3.8, 4) is 0 Å². The van der Waals surface area contributed by atoms with Gasteiger partial charge in [0, 0.05) is 44.0 Å². The van der Waals surface area contributed by atoms with Crippen molar-refractivity contribution in [1.29, 1.82) is 0 Å². The van der Waals surface area contributed by atoms with Crippen LogP contribution in [0.3, 0.4) is 0 Å². The molecule has 1 aliphatic rings. The highest BCUT2D eigenvalue weighted by molar-refractivity contribution is 7.95. The van der Waals surface area contributed by atoms with Crippen molar-refractivity contribution in [2.24, 2.45) is 0 Å². The standard InChI is InChI=1S/C21H24FN3O3S/c22-20-8-5-17(13-18(20)15-26)2-1-16-3-6-19(7-4-16)24-9-11-25(12-10-24)29-23-14-21(27)28/h3-8,13,15,23H,1-2,9-12,14H2,(H,27,28). The van der Waals surface area contributed by atoms with Crippen LogP contribution in [0, 0.1) is 5.82 Å². The lowest BCUT2D eigenvalue weighted by Gasteiger charge is -2.35. The first-order valence-electron chi connectivity index (χ1n) is 9.49. The Kier molecular flexibility index (Phi) is 7.62. The summed E-state index contributed by atoms with van der Waals surface area (Å²) in [5.74, 6) is -1.34. The van der Waals surface area contributed by atoms with E-state index in [9.17, 15) is 14.0 Å². The summed E-state index contributed by atoms with van der Waals surface area (Å²) >= 11 is 1.36. The van der Waals surface area contributed by atoms with Crippen LogP contribution in [0.4, 0.5) is 10.1 Å². The molecule has 1 fully saturated rings. The monoisotopic (exact) mass is 417 g/mol. The van der Waals surface area contributed by atoms with Crippen LogP contribution in [-0.2, 0) is 17.6 Å². The van der Waals surface area contributed by atoms with Gasteiger partial charge < -0.3 is 10.0 Å². The smallest absolute Gasteiger partial charge is 0.318 e. The Morgan fingerprint density at radius 1 is 1.07 bits per heavy atom. The molecule has 0 amide bonds. The molecule has 6 nitrogen and oxygen atoms in total. The molecule has 0 unspecified atom stereocenters. The molecule has 2 aromatic carbocycles. The van der Waals surface area contributed by atoms with Crippen molar-refractivity contribution in [3.05, 3.63) is 65.0 Å². The summed E-state index contributed by atoms with van der Waals surface area (Å²) in [6.07, 6.45) is 2.12. The first-order valence-corrected chi connectivity index (χ1v) is 10.3. The van der Waals surface area contributed by atoms with Crippen molar-refractivity contribution in [2.45, 2.75) is 12.8 Å². The lowest BCUT2D eigenvalue weighted by Crippen LogP contribution is -2.44. The number of carbonyl (C=O) groups is 2. The molecule has 0 radical (unpaired) electrons. The van der Waals surface area contributed by atoms with E-state index in [2.05, 4.69) is 38.2 Å². The molecule has 2 aromatic rings. The van der Waals surface area contributed by atoms with Crippen LogP contribution in [0.15, 0.2) is 42.5 Å². The molecule has 0 bridgehead atoms. The third-order valence-electron chi connectivity index (χ3n) is 4.85. The molecule has 3 rings (SSSR count). The predicted molar refractivity (Wildman–Crippen MR) is 113 cm³/mol. The molecule has 0 saturated carbocycles. The summed E-state index contributed by atoms with van der Waals surface area (Å²) in [4.78, 5) is 23.7. The van der Waals surface area contributed by atoms with Crippen LogP contribution in [0.5, 0.6) is 0 Å². The summed E-state index contributed by atoms with van der Waals surface area (Å²) in [5.41, 5.74) is 3.41. The number of carboxylic acids is 1. The number of hydrogen-bond donors (Lipinski definition) is 2. The Bertz CT molecular complexity index is 840. The van der Waals surface area contributed by atoms with Crippen LogP contribution in [0.1, 0.15) is 21.5 Å². The second-order valence-corrected chi connectivity index (χ2v) is 7.85. The van der Waals surface area contributed by atoms with Gasteiger partial charge in [0.25, 0.3) is 0 Å². The van der Waals surface area contributed by atoms with Gasteiger partial charge in [0.1, 0.15) is 12.4 Å². The highest BCUT2D eigenvalue weighted by atomic mass is 32.2. The molecular weight excluding hydrogens is 393 g/mol. The fourth-order valence-electron chi connectivity index (χ4n) is 3.22. The van der Waals surface area contributed by atoms with Crippen molar-refractivity contribution in [1.82, 2.24) is 9.03 Å². The summed E-state index contributed by atoms with van der Waals surface area (Å²) < 4.78 is 18.4. The number of rotatable bonds is 9. The summed E-state index contributed by atoms with van der Waals surface area (Å²) in [7, 11) is 0. The van der Waals surface area contributed by atoms with Crippen molar-refractivity contribution in [3.63, 3.8) is 0 Å². The highest BCUT2D eigenvalue weighted by Gasteiger charge is 2.17. The molecule has 8 heteroatoms. The van der Waals surface area contributed by atoms with E-state index >= 15 is 0 Å². The van der Waals surface area contributed by atoms with Gasteiger partial charge in [0.05, 0.1) is 5.56 Å². The average Bonchev–Trinajstić information content (AvgIpc) is 2.74. The fourth-order valence-corrected chi connectivity index (χ4v) is 3.94. The lowest BCUT2D eigenvalue weighted by molar-refractivity contribution is -0.135. The van der Waals surface area contributed by atoms with E-state index in [1.165, 1.54) is 29.5 Å². The summed E-state index contributed by atoms with van der Waals surface area (Å²) in [5, 5.41) is 8.66. The zero-order valence-electron chi connectivity index (χ0n) is 16.0. The molecule has 0 aromatic heterocycles. The number of hydrogen-bond acceptors (Lipinski definition) is 6. The number of carboxylic acid groups (broad SMARTS) is 1. The van der Waals surface area contributed by atoms with Crippen LogP contribution >= 0.6 is 12.1 Å². The van der Waals surface area contributed by atoms with Crippen molar-refractivity contribution >= 4 is 30.1 Å². The molecule has 1 saturated heterocycles. The van der Waals surface area contributed by atoms with Gasteiger partial charge in [-0.15, -0.1) is 0 Å². The van der Waals surface area contributed by atoms with Gasteiger partial charge in [-0.25, -0.2) is 13.4 Å². The third kappa shape index (κ3) is 6.28. The van der Waals surface area contributed by atoms with Crippen LogP contribution in [0.2, 0.25) is 0 Å². The minimum Gasteiger partial charge on any atom is -0.480 e. The number of anilines is 1. The van der Waals surface area contributed by atoms with E-state index in [1.54, 1.807) is 12.1 Å². The molecule has 0 spiro atoms.